The summed E-state index contributed by atoms with van der Waals surface area (Å²) in [4.78, 5) is 4.24. The van der Waals surface area contributed by atoms with Crippen LogP contribution in [0.5, 0.6) is 0 Å². The molecular weight excluding hydrogens is 516 g/mol. The van der Waals surface area contributed by atoms with E-state index in [1.807, 2.05) is 6.07 Å². The molecule has 0 unspecified atom stereocenters. The number of benzene rings is 2. The van der Waals surface area contributed by atoms with Crippen LogP contribution < -0.4 is 0 Å². The minimum atomic E-state index is 0. The third-order valence-electron chi connectivity index (χ3n) is 4.64. The predicted octanol–water partition coefficient (Wildman–Crippen LogP) is 5.12. The SMILES string of the molecule is CC(C)c1cccc(C(C)C)c1-n1cnnc1-c1[c-]cc2ocnc2c1.[Ir]. The zero-order valence-corrected chi connectivity index (χ0v) is 18.1. The van der Waals surface area contributed by atoms with Crippen molar-refractivity contribution in [2.45, 2.75) is 39.5 Å². The van der Waals surface area contributed by atoms with Gasteiger partial charge in [-0.2, -0.15) is 5.10 Å². The summed E-state index contributed by atoms with van der Waals surface area (Å²) in [5.41, 5.74) is 6.06. The van der Waals surface area contributed by atoms with Gasteiger partial charge >= 0.3 is 0 Å². The molecule has 0 saturated heterocycles. The molecule has 0 spiro atoms. The van der Waals surface area contributed by atoms with Crippen molar-refractivity contribution < 1.29 is 24.5 Å². The van der Waals surface area contributed by atoms with Crippen molar-refractivity contribution in [1.82, 2.24) is 19.7 Å². The van der Waals surface area contributed by atoms with E-state index in [0.29, 0.717) is 17.4 Å². The predicted molar refractivity (Wildman–Crippen MR) is 101 cm³/mol. The molecule has 0 bridgehead atoms. The van der Waals surface area contributed by atoms with Gasteiger partial charge in [-0.3, -0.25) is 0 Å². The van der Waals surface area contributed by atoms with Crippen molar-refractivity contribution in [2.75, 3.05) is 0 Å². The van der Waals surface area contributed by atoms with E-state index in [1.54, 1.807) is 12.4 Å². The summed E-state index contributed by atoms with van der Waals surface area (Å²) in [6, 6.07) is 13.5. The van der Waals surface area contributed by atoms with Crippen molar-refractivity contribution in [2.24, 2.45) is 0 Å². The third kappa shape index (κ3) is 3.47. The number of nitrogens with zero attached hydrogens (tertiary/aromatic N) is 4. The number of fused-ring (bicyclic) bond motifs is 1. The fourth-order valence-electron chi connectivity index (χ4n) is 3.30. The number of hydrogen-bond acceptors (Lipinski definition) is 4. The average molecular weight is 538 g/mol. The van der Waals surface area contributed by atoms with E-state index < -0.39 is 0 Å². The first kappa shape index (κ1) is 19.5. The van der Waals surface area contributed by atoms with E-state index in [1.165, 1.54) is 17.5 Å². The van der Waals surface area contributed by atoms with Crippen LogP contribution in [0.2, 0.25) is 0 Å². The molecule has 0 aliphatic heterocycles. The fraction of sp³-hybridized carbons (Fsp3) is 0.286. The molecule has 5 nitrogen and oxygen atoms in total. The Balaban J connectivity index is 0.00000210. The zero-order valence-electron chi connectivity index (χ0n) is 15.7. The topological polar surface area (TPSA) is 56.7 Å². The van der Waals surface area contributed by atoms with E-state index in [0.717, 1.165) is 22.6 Å². The van der Waals surface area contributed by atoms with Crippen molar-refractivity contribution in [3.05, 3.63) is 60.2 Å². The summed E-state index contributed by atoms with van der Waals surface area (Å²) in [7, 11) is 0. The Morgan fingerprint density at radius 3 is 2.44 bits per heavy atom. The molecule has 4 aromatic rings. The Morgan fingerprint density at radius 1 is 1.07 bits per heavy atom. The number of para-hydroxylation sites is 1. The van der Waals surface area contributed by atoms with Crippen LogP contribution in [0.15, 0.2) is 47.5 Å². The fourth-order valence-corrected chi connectivity index (χ4v) is 3.30. The summed E-state index contributed by atoms with van der Waals surface area (Å²) < 4.78 is 7.39. The maximum atomic E-state index is 5.32. The van der Waals surface area contributed by atoms with Gasteiger partial charge < -0.3 is 8.98 Å². The van der Waals surface area contributed by atoms with Crippen LogP contribution in [0.1, 0.15) is 50.7 Å². The van der Waals surface area contributed by atoms with E-state index in [2.05, 4.69) is 71.7 Å². The molecule has 2 heterocycles. The third-order valence-corrected chi connectivity index (χ3v) is 4.64. The number of aromatic nitrogens is 4. The monoisotopic (exact) mass is 538 g/mol. The van der Waals surface area contributed by atoms with Gasteiger partial charge in [-0.25, -0.2) is 4.98 Å². The second kappa shape index (κ2) is 7.75. The van der Waals surface area contributed by atoms with Crippen molar-refractivity contribution in [3.8, 4) is 17.1 Å². The van der Waals surface area contributed by atoms with Gasteiger partial charge in [-0.1, -0.05) is 45.9 Å². The summed E-state index contributed by atoms with van der Waals surface area (Å²) in [5, 5.41) is 8.57. The van der Waals surface area contributed by atoms with Gasteiger partial charge in [0.05, 0.1) is 11.4 Å². The molecule has 4 rings (SSSR count). The first-order chi connectivity index (χ1) is 12.6. The number of rotatable bonds is 4. The standard InChI is InChI=1S/C21H21N4O.Ir/c1-13(2)16-6-5-7-17(14(3)4)20(16)25-11-23-24-21(25)15-8-9-19-18(10-15)22-12-26-19;/h5-7,9-14H,1-4H3;/q-1;. The Labute approximate surface area is 172 Å². The second-order valence-electron chi connectivity index (χ2n) is 7.07. The smallest absolute Gasteiger partial charge is 0.169 e. The summed E-state index contributed by atoms with van der Waals surface area (Å²) in [6.07, 6.45) is 3.22. The molecule has 0 amide bonds. The number of hydrogen-bond donors (Lipinski definition) is 0. The zero-order chi connectivity index (χ0) is 18.3. The van der Waals surface area contributed by atoms with Gasteiger partial charge in [0.25, 0.3) is 0 Å². The van der Waals surface area contributed by atoms with Crippen LogP contribution in [0, 0.1) is 6.07 Å². The van der Waals surface area contributed by atoms with E-state index in [9.17, 15) is 0 Å². The quantitative estimate of drug-likeness (QED) is 0.339. The van der Waals surface area contributed by atoms with Crippen molar-refractivity contribution >= 4 is 11.1 Å². The molecule has 27 heavy (non-hydrogen) atoms. The van der Waals surface area contributed by atoms with Crippen LogP contribution in [-0.2, 0) is 20.1 Å². The maximum Gasteiger partial charge on any atom is 0.169 e. The molecule has 0 N–H and O–H groups in total. The van der Waals surface area contributed by atoms with Crippen molar-refractivity contribution in [1.29, 1.82) is 0 Å². The molecule has 0 fully saturated rings. The minimum Gasteiger partial charge on any atom is -0.490 e. The maximum absolute atomic E-state index is 5.32. The molecule has 0 aliphatic rings. The molecule has 6 heteroatoms. The van der Waals surface area contributed by atoms with Crippen LogP contribution in [0.25, 0.3) is 28.2 Å². The van der Waals surface area contributed by atoms with Gasteiger partial charge in [-0.15, -0.1) is 28.9 Å². The summed E-state index contributed by atoms with van der Waals surface area (Å²) in [5.74, 6) is 1.53. The average Bonchev–Trinajstić information content (AvgIpc) is 3.29. The molecule has 2 aromatic heterocycles. The second-order valence-corrected chi connectivity index (χ2v) is 7.07. The van der Waals surface area contributed by atoms with Crippen LogP contribution in [0.3, 0.4) is 0 Å². The van der Waals surface area contributed by atoms with Gasteiger partial charge in [0.2, 0.25) is 0 Å². The van der Waals surface area contributed by atoms with Crippen LogP contribution in [0.4, 0.5) is 0 Å². The molecule has 1 radical (unpaired) electrons. The molecule has 2 aromatic carbocycles. The van der Waals surface area contributed by atoms with Crippen LogP contribution in [-0.4, -0.2) is 19.7 Å². The minimum absolute atomic E-state index is 0. The summed E-state index contributed by atoms with van der Waals surface area (Å²) >= 11 is 0. The van der Waals surface area contributed by atoms with Gasteiger partial charge in [0, 0.05) is 31.3 Å². The van der Waals surface area contributed by atoms with Gasteiger partial charge in [-0.05, 0) is 23.0 Å². The van der Waals surface area contributed by atoms with E-state index >= 15 is 0 Å². The van der Waals surface area contributed by atoms with Gasteiger partial charge in [0.15, 0.2) is 6.39 Å². The molecule has 0 saturated carbocycles. The Hall–Kier alpha value is -2.30. The Kier molecular flexibility index (Phi) is 5.58. The van der Waals surface area contributed by atoms with Crippen LogP contribution >= 0.6 is 0 Å². The first-order valence-electron chi connectivity index (χ1n) is 8.84. The van der Waals surface area contributed by atoms with Crippen molar-refractivity contribution in [3.63, 3.8) is 0 Å². The van der Waals surface area contributed by atoms with Gasteiger partial charge in [0.1, 0.15) is 6.33 Å². The summed E-state index contributed by atoms with van der Waals surface area (Å²) in [6.45, 7) is 8.84. The number of oxazole rings is 1. The first-order valence-corrected chi connectivity index (χ1v) is 8.84. The molecular formula is C21H21IrN4O-. The Bertz CT molecular complexity index is 1040. The normalized spacial score (nSPS) is 11.3. The molecule has 0 atom stereocenters. The van der Waals surface area contributed by atoms with E-state index in [-0.39, 0.29) is 20.1 Å². The molecule has 0 aliphatic carbocycles. The Morgan fingerprint density at radius 2 is 1.78 bits per heavy atom. The molecule has 141 valence electrons. The largest absolute Gasteiger partial charge is 0.490 e. The van der Waals surface area contributed by atoms with E-state index in [4.69, 9.17) is 4.42 Å².